The summed E-state index contributed by atoms with van der Waals surface area (Å²) in [5.74, 6) is 0.522. The number of hydrogen-bond acceptors (Lipinski definition) is 6. The van der Waals surface area contributed by atoms with E-state index in [4.69, 9.17) is 13.9 Å². The third-order valence-electron chi connectivity index (χ3n) is 5.59. The van der Waals surface area contributed by atoms with E-state index in [0.29, 0.717) is 34.0 Å². The second kappa shape index (κ2) is 6.70. The maximum absolute atomic E-state index is 13.0. The molecule has 2 aromatic heterocycles. The molecule has 2 heterocycles. The molecule has 5 aromatic rings. The van der Waals surface area contributed by atoms with Gasteiger partial charge in [-0.15, -0.1) is 6.58 Å². The fourth-order valence-corrected chi connectivity index (χ4v) is 4.29. The Balaban J connectivity index is 2.10. The minimum atomic E-state index is -0.509. The normalized spacial score (nSPS) is 11.5. The average Bonchev–Trinajstić information content (AvgIpc) is 3.08. The van der Waals surface area contributed by atoms with Crippen molar-refractivity contribution in [3.63, 3.8) is 0 Å². The van der Waals surface area contributed by atoms with Crippen LogP contribution in [0.1, 0.15) is 0 Å². The van der Waals surface area contributed by atoms with Gasteiger partial charge in [0.15, 0.2) is 23.0 Å². The summed E-state index contributed by atoms with van der Waals surface area (Å²) in [7, 11) is 2.95. The van der Waals surface area contributed by atoms with Crippen LogP contribution < -0.4 is 15.1 Å². The third-order valence-corrected chi connectivity index (χ3v) is 5.59. The van der Waals surface area contributed by atoms with E-state index in [2.05, 4.69) is 6.58 Å². The molecule has 0 fully saturated rings. The molecular weight excluding hydrogens is 398 g/mol. The number of ether oxygens (including phenoxy) is 2. The van der Waals surface area contributed by atoms with Gasteiger partial charge in [0, 0.05) is 28.8 Å². The van der Waals surface area contributed by atoms with E-state index >= 15 is 0 Å². The van der Waals surface area contributed by atoms with E-state index in [-0.39, 0.29) is 22.8 Å². The molecule has 0 aliphatic carbocycles. The number of fused-ring (bicyclic) bond motifs is 7. The van der Waals surface area contributed by atoms with Gasteiger partial charge in [-0.3, -0.25) is 0 Å². The summed E-state index contributed by atoms with van der Waals surface area (Å²) in [4.78, 5) is 13.0. The number of hydrogen-bond donors (Lipinski definition) is 2. The zero-order valence-corrected chi connectivity index (χ0v) is 16.9. The predicted octanol–water partition coefficient (Wildman–Crippen LogP) is 4.67. The Bertz CT molecular complexity index is 1590. The van der Waals surface area contributed by atoms with Crippen LogP contribution in [0.4, 0.5) is 0 Å². The maximum Gasteiger partial charge on any atom is 0.346 e. The van der Waals surface area contributed by atoms with Crippen molar-refractivity contribution in [3.8, 4) is 23.0 Å². The molecule has 0 bridgehead atoms. The molecule has 0 amide bonds. The second-order valence-electron chi connectivity index (χ2n) is 7.24. The van der Waals surface area contributed by atoms with E-state index < -0.39 is 5.63 Å². The smallest absolute Gasteiger partial charge is 0.346 e. The first-order valence-corrected chi connectivity index (χ1v) is 9.58. The zero-order chi connectivity index (χ0) is 21.9. The fraction of sp³-hybridized carbons (Fsp3) is 0.125. The first-order valence-electron chi connectivity index (χ1n) is 9.58. The molecule has 7 nitrogen and oxygen atoms in total. The average molecular weight is 417 g/mol. The summed E-state index contributed by atoms with van der Waals surface area (Å²) in [6.07, 6.45) is 1.74. The highest BCUT2D eigenvalue weighted by Crippen LogP contribution is 2.41. The minimum Gasteiger partial charge on any atom is -0.504 e. The summed E-state index contributed by atoms with van der Waals surface area (Å²) in [6.45, 7) is 4.30. The Morgan fingerprint density at radius 1 is 0.968 bits per heavy atom. The molecular formula is C24H19NO6. The number of nitrogens with zero attached hydrogens (tertiary/aromatic N) is 1. The first kappa shape index (κ1) is 18.9. The van der Waals surface area contributed by atoms with Gasteiger partial charge in [0.1, 0.15) is 5.58 Å². The predicted molar refractivity (Wildman–Crippen MR) is 120 cm³/mol. The van der Waals surface area contributed by atoms with Crippen LogP contribution in [0.5, 0.6) is 23.0 Å². The molecule has 0 atom stereocenters. The minimum absolute atomic E-state index is 0.0332. The van der Waals surface area contributed by atoms with Gasteiger partial charge in [0.05, 0.1) is 30.6 Å². The molecule has 0 radical (unpaired) electrons. The summed E-state index contributed by atoms with van der Waals surface area (Å²) in [5.41, 5.74) is 1.19. The molecule has 156 valence electrons. The molecule has 0 spiro atoms. The van der Waals surface area contributed by atoms with Crippen LogP contribution in [-0.4, -0.2) is 29.0 Å². The van der Waals surface area contributed by atoms with Crippen LogP contribution in [0, 0.1) is 0 Å². The monoisotopic (exact) mass is 417 g/mol. The maximum atomic E-state index is 13.0. The van der Waals surface area contributed by atoms with Crippen LogP contribution in [0.3, 0.4) is 0 Å². The van der Waals surface area contributed by atoms with Gasteiger partial charge < -0.3 is 28.7 Å². The Morgan fingerprint density at radius 2 is 1.65 bits per heavy atom. The summed E-state index contributed by atoms with van der Waals surface area (Å²) >= 11 is 0. The van der Waals surface area contributed by atoms with Crippen LogP contribution >= 0.6 is 0 Å². The third kappa shape index (κ3) is 2.56. The van der Waals surface area contributed by atoms with Crippen LogP contribution in [-0.2, 0) is 6.54 Å². The zero-order valence-electron chi connectivity index (χ0n) is 16.9. The molecule has 2 N–H and O–H groups in total. The lowest BCUT2D eigenvalue weighted by atomic mass is 10.0. The lowest BCUT2D eigenvalue weighted by molar-refractivity contribution is 0.373. The number of benzene rings is 3. The lowest BCUT2D eigenvalue weighted by Crippen LogP contribution is -2.02. The molecule has 0 saturated heterocycles. The Labute approximate surface area is 175 Å². The molecule has 3 aromatic carbocycles. The van der Waals surface area contributed by atoms with Crippen molar-refractivity contribution < 1.29 is 24.1 Å². The van der Waals surface area contributed by atoms with Crippen molar-refractivity contribution in [1.82, 2.24) is 4.57 Å². The number of phenols is 2. The second-order valence-corrected chi connectivity index (χ2v) is 7.24. The molecule has 5 rings (SSSR count). The van der Waals surface area contributed by atoms with E-state index in [9.17, 15) is 15.0 Å². The Hall–Kier alpha value is -4.13. The number of methoxy groups -OCH3 is 2. The van der Waals surface area contributed by atoms with Gasteiger partial charge >= 0.3 is 5.63 Å². The number of rotatable bonds is 4. The standard InChI is InChI=1S/C24H19NO6/c1-4-7-25-22-13(6-5-12-8-16(26)19(29-2)9-14(12)22)21-23(25)15-10-20(30-3)17(27)11-18(15)31-24(21)28/h4-6,8-11,26-27H,1,7H2,2-3H3. The number of allylic oxidation sites excluding steroid dienone is 1. The van der Waals surface area contributed by atoms with Crippen molar-refractivity contribution in [2.75, 3.05) is 14.2 Å². The van der Waals surface area contributed by atoms with E-state index in [1.165, 1.54) is 20.3 Å². The Kier molecular flexibility index (Phi) is 4.08. The van der Waals surface area contributed by atoms with E-state index in [0.717, 1.165) is 16.3 Å². The van der Waals surface area contributed by atoms with Crippen molar-refractivity contribution >= 4 is 43.5 Å². The highest BCUT2D eigenvalue weighted by Gasteiger charge is 2.21. The van der Waals surface area contributed by atoms with Gasteiger partial charge in [-0.25, -0.2) is 4.79 Å². The van der Waals surface area contributed by atoms with Crippen LogP contribution in [0.25, 0.3) is 43.5 Å². The summed E-state index contributed by atoms with van der Waals surface area (Å²) in [6, 6.07) is 10.1. The number of aromatic hydroxyl groups is 2. The molecule has 0 unspecified atom stereocenters. The van der Waals surface area contributed by atoms with Crippen molar-refractivity contribution in [3.05, 3.63) is 59.5 Å². The van der Waals surface area contributed by atoms with Gasteiger partial charge in [0.2, 0.25) is 0 Å². The van der Waals surface area contributed by atoms with Crippen LogP contribution in [0.15, 0.2) is 58.3 Å². The summed E-state index contributed by atoms with van der Waals surface area (Å²) < 4.78 is 18.1. The molecule has 0 saturated carbocycles. The number of aromatic nitrogens is 1. The van der Waals surface area contributed by atoms with Gasteiger partial charge in [0.25, 0.3) is 0 Å². The lowest BCUT2D eigenvalue weighted by Gasteiger charge is -2.11. The quantitative estimate of drug-likeness (QED) is 0.326. The molecule has 7 heteroatoms. The first-order chi connectivity index (χ1) is 15.0. The number of phenolic OH excluding ortho intramolecular Hbond substituents is 2. The fourth-order valence-electron chi connectivity index (χ4n) is 4.29. The molecule has 0 aliphatic rings. The Morgan fingerprint density at radius 3 is 2.32 bits per heavy atom. The molecule has 0 aliphatic heterocycles. The van der Waals surface area contributed by atoms with Gasteiger partial charge in [-0.05, 0) is 23.6 Å². The van der Waals surface area contributed by atoms with Crippen molar-refractivity contribution in [2.45, 2.75) is 6.54 Å². The van der Waals surface area contributed by atoms with Crippen LogP contribution in [0.2, 0.25) is 0 Å². The topological polar surface area (TPSA) is 94.1 Å². The summed E-state index contributed by atoms with van der Waals surface area (Å²) in [5, 5.41) is 23.7. The SMILES string of the molecule is C=CCn1c2c3cc(OC)c(O)cc3ccc2c2c(=O)oc3cc(O)c(OC)cc3c21. The van der Waals surface area contributed by atoms with Crippen molar-refractivity contribution in [1.29, 1.82) is 0 Å². The van der Waals surface area contributed by atoms with Gasteiger partial charge in [-0.2, -0.15) is 0 Å². The van der Waals surface area contributed by atoms with E-state index in [1.807, 2.05) is 16.7 Å². The van der Waals surface area contributed by atoms with E-state index in [1.54, 1.807) is 24.3 Å². The molecule has 31 heavy (non-hydrogen) atoms. The highest BCUT2D eigenvalue weighted by molar-refractivity contribution is 6.22. The highest BCUT2D eigenvalue weighted by atomic mass is 16.5. The van der Waals surface area contributed by atoms with Gasteiger partial charge in [-0.1, -0.05) is 18.2 Å². The largest absolute Gasteiger partial charge is 0.504 e. The van der Waals surface area contributed by atoms with Crippen molar-refractivity contribution in [2.24, 2.45) is 0 Å².